The fraction of sp³-hybridized carbons (Fsp3) is 0.632. The third-order valence-corrected chi connectivity index (χ3v) is 5.88. The SMILES string of the molecule is COCCn1c(N)c(C(=O)CSc2nnc(N3CCOCC3)n2CC(C)C)c(=O)[nH]c1=O. The summed E-state index contributed by atoms with van der Waals surface area (Å²) in [7, 11) is 1.48. The highest BCUT2D eigenvalue weighted by atomic mass is 32.2. The van der Waals surface area contributed by atoms with Crippen molar-refractivity contribution in [3.05, 3.63) is 26.4 Å². The van der Waals surface area contributed by atoms with Crippen LogP contribution in [0.3, 0.4) is 0 Å². The summed E-state index contributed by atoms with van der Waals surface area (Å²) in [5.41, 5.74) is 4.28. The lowest BCUT2D eigenvalue weighted by Gasteiger charge is -2.28. The Bertz CT molecular complexity index is 1060. The van der Waals surface area contributed by atoms with Crippen LogP contribution >= 0.6 is 11.8 Å². The first-order valence-electron chi connectivity index (χ1n) is 10.4. The molecule has 0 aromatic carbocycles. The molecule has 0 radical (unpaired) electrons. The van der Waals surface area contributed by atoms with Crippen LogP contribution in [0.25, 0.3) is 0 Å². The summed E-state index contributed by atoms with van der Waals surface area (Å²) < 4.78 is 13.5. The van der Waals surface area contributed by atoms with Gasteiger partial charge in [0.05, 0.1) is 32.1 Å². The number of ketones is 1. The quantitative estimate of drug-likeness (QED) is 0.356. The lowest BCUT2D eigenvalue weighted by atomic mass is 10.2. The number of anilines is 2. The molecule has 1 aliphatic heterocycles. The van der Waals surface area contributed by atoms with E-state index in [9.17, 15) is 14.4 Å². The van der Waals surface area contributed by atoms with E-state index >= 15 is 0 Å². The summed E-state index contributed by atoms with van der Waals surface area (Å²) in [5, 5.41) is 9.20. The van der Waals surface area contributed by atoms with Crippen LogP contribution in [0.15, 0.2) is 14.7 Å². The number of rotatable bonds is 10. The molecule has 3 rings (SSSR count). The number of morpholine rings is 1. The van der Waals surface area contributed by atoms with Gasteiger partial charge in [-0.2, -0.15) is 0 Å². The van der Waals surface area contributed by atoms with Crippen molar-refractivity contribution in [3.8, 4) is 0 Å². The van der Waals surface area contributed by atoms with Gasteiger partial charge in [0.1, 0.15) is 11.4 Å². The second-order valence-corrected chi connectivity index (χ2v) is 8.70. The summed E-state index contributed by atoms with van der Waals surface area (Å²) in [6.07, 6.45) is 0. The van der Waals surface area contributed by atoms with Gasteiger partial charge >= 0.3 is 5.69 Å². The third-order valence-electron chi connectivity index (χ3n) is 4.91. The molecule has 0 saturated carbocycles. The van der Waals surface area contributed by atoms with Crippen LogP contribution in [0.2, 0.25) is 0 Å². The minimum absolute atomic E-state index is 0.0743. The molecule has 32 heavy (non-hydrogen) atoms. The first kappa shape index (κ1) is 24.0. The van der Waals surface area contributed by atoms with E-state index < -0.39 is 17.0 Å². The monoisotopic (exact) mass is 467 g/mol. The van der Waals surface area contributed by atoms with Gasteiger partial charge in [-0.3, -0.25) is 23.7 Å². The molecule has 2 aromatic rings. The van der Waals surface area contributed by atoms with E-state index in [0.29, 0.717) is 30.8 Å². The number of aromatic nitrogens is 5. The molecule has 0 amide bonds. The molecule has 3 heterocycles. The second kappa shape index (κ2) is 10.8. The van der Waals surface area contributed by atoms with Crippen molar-refractivity contribution in [3.63, 3.8) is 0 Å². The Morgan fingerprint density at radius 1 is 1.25 bits per heavy atom. The lowest BCUT2D eigenvalue weighted by Crippen LogP contribution is -2.38. The maximum atomic E-state index is 12.9. The molecule has 0 unspecified atom stereocenters. The Hall–Kier alpha value is -2.64. The van der Waals surface area contributed by atoms with E-state index in [1.54, 1.807) is 0 Å². The number of carbonyl (C=O) groups is 1. The summed E-state index contributed by atoms with van der Waals surface area (Å²) in [4.78, 5) is 41.5. The van der Waals surface area contributed by atoms with E-state index in [0.717, 1.165) is 23.6 Å². The van der Waals surface area contributed by atoms with Crippen LogP contribution < -0.4 is 21.9 Å². The number of hydrogen-bond acceptors (Lipinski definition) is 10. The number of carbonyl (C=O) groups excluding carboxylic acids is 1. The highest BCUT2D eigenvalue weighted by Crippen LogP contribution is 2.25. The Balaban J connectivity index is 1.82. The Kier molecular flexibility index (Phi) is 8.10. The Morgan fingerprint density at radius 3 is 2.62 bits per heavy atom. The van der Waals surface area contributed by atoms with Crippen molar-refractivity contribution < 1.29 is 14.3 Å². The fourth-order valence-electron chi connectivity index (χ4n) is 3.37. The van der Waals surface area contributed by atoms with Gasteiger partial charge in [-0.25, -0.2) is 4.79 Å². The van der Waals surface area contributed by atoms with Crippen molar-refractivity contribution in [1.82, 2.24) is 24.3 Å². The molecule has 2 aromatic heterocycles. The summed E-state index contributed by atoms with van der Waals surface area (Å²) in [6, 6.07) is 0. The fourth-order valence-corrected chi connectivity index (χ4v) is 4.19. The molecule has 12 nitrogen and oxygen atoms in total. The summed E-state index contributed by atoms with van der Waals surface area (Å²) in [5.74, 6) is 0.340. The van der Waals surface area contributed by atoms with Crippen molar-refractivity contribution in [2.45, 2.75) is 32.1 Å². The van der Waals surface area contributed by atoms with Gasteiger partial charge in [-0.15, -0.1) is 10.2 Å². The van der Waals surface area contributed by atoms with E-state index in [4.69, 9.17) is 15.2 Å². The zero-order valence-corrected chi connectivity index (χ0v) is 19.3. The largest absolute Gasteiger partial charge is 0.384 e. The first-order chi connectivity index (χ1) is 15.3. The van der Waals surface area contributed by atoms with Crippen molar-refractivity contribution in [2.75, 3.05) is 56.4 Å². The Morgan fingerprint density at radius 2 is 1.97 bits per heavy atom. The van der Waals surface area contributed by atoms with E-state index in [2.05, 4.69) is 33.9 Å². The molecular formula is C19H29N7O5S. The third kappa shape index (κ3) is 5.40. The van der Waals surface area contributed by atoms with Gasteiger partial charge in [0.2, 0.25) is 5.95 Å². The van der Waals surface area contributed by atoms with Gasteiger partial charge in [-0.1, -0.05) is 25.6 Å². The molecule has 0 bridgehead atoms. The van der Waals surface area contributed by atoms with Crippen molar-refractivity contribution in [1.29, 1.82) is 0 Å². The van der Waals surface area contributed by atoms with Gasteiger partial charge in [0, 0.05) is 26.7 Å². The van der Waals surface area contributed by atoms with Crippen LogP contribution in [0.4, 0.5) is 11.8 Å². The number of thioether (sulfide) groups is 1. The normalized spacial score (nSPS) is 14.3. The minimum atomic E-state index is -0.801. The Labute approximate surface area is 189 Å². The first-order valence-corrected chi connectivity index (χ1v) is 11.4. The number of aromatic amines is 1. The number of nitrogens with one attached hydrogen (secondary N) is 1. The molecule has 1 aliphatic rings. The topological polar surface area (TPSA) is 150 Å². The van der Waals surface area contributed by atoms with Crippen molar-refractivity contribution >= 4 is 29.3 Å². The predicted octanol–water partition coefficient (Wildman–Crippen LogP) is -0.176. The lowest BCUT2D eigenvalue weighted by molar-refractivity contribution is 0.102. The molecule has 0 spiro atoms. The summed E-state index contributed by atoms with van der Waals surface area (Å²) in [6.45, 7) is 7.87. The number of nitrogens with zero attached hydrogens (tertiary/aromatic N) is 5. The molecule has 1 fully saturated rings. The van der Waals surface area contributed by atoms with E-state index in [-0.39, 0.29) is 30.3 Å². The van der Waals surface area contributed by atoms with Crippen molar-refractivity contribution in [2.24, 2.45) is 5.92 Å². The van der Waals surface area contributed by atoms with E-state index in [1.165, 1.54) is 18.9 Å². The zero-order chi connectivity index (χ0) is 23.3. The highest BCUT2D eigenvalue weighted by molar-refractivity contribution is 7.99. The maximum Gasteiger partial charge on any atom is 0.330 e. The van der Waals surface area contributed by atoms with Crippen LogP contribution in [-0.2, 0) is 22.6 Å². The highest BCUT2D eigenvalue weighted by Gasteiger charge is 2.24. The van der Waals surface area contributed by atoms with Gasteiger partial charge in [-0.05, 0) is 5.92 Å². The van der Waals surface area contributed by atoms with Gasteiger partial charge < -0.3 is 20.1 Å². The zero-order valence-electron chi connectivity index (χ0n) is 18.5. The predicted molar refractivity (Wildman–Crippen MR) is 121 cm³/mol. The number of nitrogen functional groups attached to an aromatic ring is 1. The smallest absolute Gasteiger partial charge is 0.330 e. The molecular weight excluding hydrogens is 438 g/mol. The molecule has 176 valence electrons. The number of H-pyrrole nitrogens is 1. The van der Waals surface area contributed by atoms with Crippen LogP contribution in [0.5, 0.6) is 0 Å². The average Bonchev–Trinajstić information content (AvgIpc) is 3.14. The van der Waals surface area contributed by atoms with E-state index in [1.807, 2.05) is 4.57 Å². The van der Waals surface area contributed by atoms with Gasteiger partial charge in [0.25, 0.3) is 5.56 Å². The van der Waals surface area contributed by atoms with Crippen LogP contribution in [-0.4, -0.2) is 75.9 Å². The summed E-state index contributed by atoms with van der Waals surface area (Å²) >= 11 is 1.18. The molecule has 1 saturated heterocycles. The number of hydrogen-bond donors (Lipinski definition) is 2. The molecule has 0 atom stereocenters. The number of ether oxygens (including phenoxy) is 2. The molecule has 13 heteroatoms. The number of nitrogens with two attached hydrogens (primary N) is 1. The minimum Gasteiger partial charge on any atom is -0.384 e. The number of Topliss-reactive ketones (excluding diaryl/α,β-unsaturated/α-hetero) is 1. The number of methoxy groups -OCH3 is 1. The molecule has 3 N–H and O–H groups in total. The average molecular weight is 468 g/mol. The van der Waals surface area contributed by atoms with Crippen LogP contribution in [0, 0.1) is 5.92 Å². The van der Waals surface area contributed by atoms with Crippen LogP contribution in [0.1, 0.15) is 24.2 Å². The maximum absolute atomic E-state index is 12.9. The standard InChI is InChI=1S/C19H29N7O5S/c1-12(2)10-26-17(24-4-8-31-9-5-24)22-23-19(26)32-11-13(27)14-15(20)25(6-7-30-3)18(29)21-16(14)28/h12H,4-11,20H2,1-3H3,(H,21,28,29). The molecule has 0 aliphatic carbocycles. The van der Waals surface area contributed by atoms with Gasteiger partial charge in [0.15, 0.2) is 10.9 Å². The second-order valence-electron chi connectivity index (χ2n) is 7.76.